The number of fused-ring (bicyclic) bond motifs is 4. The number of nitrogens with zero attached hydrogens (tertiary/aromatic N) is 3. The van der Waals surface area contributed by atoms with E-state index in [-0.39, 0.29) is 23.2 Å². The minimum atomic E-state index is -1.45. The van der Waals surface area contributed by atoms with Crippen LogP contribution in [0, 0.1) is 18.3 Å². The SMILES string of the molecule is Cc1nn(-c2ccccc2)c2c1C1(C(=O)Nc3ccc(Cl)cc31)C(N)=C(C#N)O2. The first kappa shape index (κ1) is 17.3. The van der Waals surface area contributed by atoms with Gasteiger partial charge in [0.25, 0.3) is 0 Å². The largest absolute Gasteiger partial charge is 0.425 e. The smallest absolute Gasteiger partial charge is 0.246 e. The highest BCUT2D eigenvalue weighted by atomic mass is 35.5. The van der Waals surface area contributed by atoms with E-state index >= 15 is 0 Å². The molecule has 1 aromatic heterocycles. The predicted molar refractivity (Wildman–Crippen MR) is 107 cm³/mol. The Balaban J connectivity index is 1.90. The van der Waals surface area contributed by atoms with E-state index in [1.54, 1.807) is 29.8 Å². The predicted octanol–water partition coefficient (Wildman–Crippen LogP) is 3.16. The number of rotatable bonds is 1. The van der Waals surface area contributed by atoms with Gasteiger partial charge in [-0.3, -0.25) is 4.79 Å². The molecule has 5 rings (SSSR count). The third-order valence-corrected chi connectivity index (χ3v) is 5.55. The summed E-state index contributed by atoms with van der Waals surface area (Å²) in [7, 11) is 0. The highest BCUT2D eigenvalue weighted by Crippen LogP contribution is 2.54. The second-order valence-electron chi connectivity index (χ2n) is 6.86. The van der Waals surface area contributed by atoms with E-state index in [1.165, 1.54) is 0 Å². The van der Waals surface area contributed by atoms with Crippen molar-refractivity contribution in [3.8, 4) is 17.6 Å². The fourth-order valence-corrected chi connectivity index (χ4v) is 4.28. The summed E-state index contributed by atoms with van der Waals surface area (Å²) >= 11 is 6.25. The number of aryl methyl sites for hydroxylation is 1. The van der Waals surface area contributed by atoms with Crippen LogP contribution in [0.25, 0.3) is 5.69 Å². The number of para-hydroxylation sites is 1. The summed E-state index contributed by atoms with van der Waals surface area (Å²) in [6, 6.07) is 16.4. The van der Waals surface area contributed by atoms with Crippen LogP contribution in [-0.4, -0.2) is 15.7 Å². The summed E-state index contributed by atoms with van der Waals surface area (Å²) in [4.78, 5) is 13.4. The second-order valence-corrected chi connectivity index (χ2v) is 7.30. The van der Waals surface area contributed by atoms with Crippen molar-refractivity contribution < 1.29 is 9.53 Å². The van der Waals surface area contributed by atoms with Crippen molar-refractivity contribution in [2.45, 2.75) is 12.3 Å². The Labute approximate surface area is 171 Å². The zero-order valence-corrected chi connectivity index (χ0v) is 16.0. The van der Waals surface area contributed by atoms with Crippen LogP contribution in [0.15, 0.2) is 60.0 Å². The Kier molecular flexibility index (Phi) is 3.51. The zero-order valence-electron chi connectivity index (χ0n) is 15.2. The second kappa shape index (κ2) is 5.87. The van der Waals surface area contributed by atoms with Gasteiger partial charge in [0.05, 0.1) is 22.6 Å². The molecular weight excluding hydrogens is 390 g/mol. The first-order valence-corrected chi connectivity index (χ1v) is 9.21. The van der Waals surface area contributed by atoms with Crippen LogP contribution >= 0.6 is 11.6 Å². The van der Waals surface area contributed by atoms with Crippen LogP contribution in [0.5, 0.6) is 5.88 Å². The van der Waals surface area contributed by atoms with E-state index in [2.05, 4.69) is 10.4 Å². The van der Waals surface area contributed by atoms with Crippen LogP contribution in [0.3, 0.4) is 0 Å². The van der Waals surface area contributed by atoms with E-state index in [4.69, 9.17) is 22.1 Å². The van der Waals surface area contributed by atoms with Crippen LogP contribution in [0.4, 0.5) is 5.69 Å². The lowest BCUT2D eigenvalue weighted by molar-refractivity contribution is -0.118. The fourth-order valence-electron chi connectivity index (χ4n) is 4.11. The van der Waals surface area contributed by atoms with Crippen LogP contribution in [0.2, 0.25) is 5.02 Å². The number of carbonyl (C=O) groups excluding carboxylic acids is 1. The number of halogens is 1. The number of anilines is 1. The van der Waals surface area contributed by atoms with Gasteiger partial charge in [-0.25, -0.2) is 4.68 Å². The lowest BCUT2D eigenvalue weighted by atomic mass is 9.71. The molecule has 142 valence electrons. The molecule has 2 aliphatic rings. The average Bonchev–Trinajstić information content (AvgIpc) is 3.20. The Hall–Kier alpha value is -3.76. The molecule has 29 heavy (non-hydrogen) atoms. The highest BCUT2D eigenvalue weighted by molar-refractivity contribution is 6.31. The summed E-state index contributed by atoms with van der Waals surface area (Å²) in [6.45, 7) is 1.78. The van der Waals surface area contributed by atoms with Gasteiger partial charge in [-0.15, -0.1) is 0 Å². The van der Waals surface area contributed by atoms with Crippen LogP contribution < -0.4 is 15.8 Å². The Morgan fingerprint density at radius 3 is 2.76 bits per heavy atom. The molecule has 3 N–H and O–H groups in total. The molecule has 0 radical (unpaired) electrons. The maximum absolute atomic E-state index is 13.4. The number of ether oxygens (including phenoxy) is 1. The van der Waals surface area contributed by atoms with Gasteiger partial charge in [-0.1, -0.05) is 29.8 Å². The monoisotopic (exact) mass is 403 g/mol. The van der Waals surface area contributed by atoms with Gasteiger partial charge in [0.15, 0.2) is 5.41 Å². The van der Waals surface area contributed by atoms with Gasteiger partial charge in [-0.2, -0.15) is 10.4 Å². The van der Waals surface area contributed by atoms with Crippen molar-refractivity contribution in [1.29, 1.82) is 5.26 Å². The normalized spacial score (nSPS) is 19.4. The van der Waals surface area contributed by atoms with Crippen molar-refractivity contribution in [1.82, 2.24) is 9.78 Å². The molecule has 7 nitrogen and oxygen atoms in total. The number of hydrogen-bond donors (Lipinski definition) is 2. The van der Waals surface area contributed by atoms with E-state index in [0.29, 0.717) is 27.5 Å². The molecule has 0 bridgehead atoms. The average molecular weight is 404 g/mol. The van der Waals surface area contributed by atoms with Crippen LogP contribution in [-0.2, 0) is 10.2 Å². The summed E-state index contributed by atoms with van der Waals surface area (Å²) in [5, 5.41) is 17.6. The summed E-state index contributed by atoms with van der Waals surface area (Å²) in [5.41, 5.74) is 7.92. The van der Waals surface area contributed by atoms with Crippen molar-refractivity contribution >= 4 is 23.2 Å². The molecule has 3 heterocycles. The molecule has 1 atom stereocenters. The fraction of sp³-hybridized carbons (Fsp3) is 0.0952. The summed E-state index contributed by atoms with van der Waals surface area (Å²) < 4.78 is 7.44. The van der Waals surface area contributed by atoms with E-state index in [1.807, 2.05) is 36.4 Å². The highest BCUT2D eigenvalue weighted by Gasteiger charge is 2.58. The molecule has 8 heteroatoms. The summed E-state index contributed by atoms with van der Waals surface area (Å²) in [5.74, 6) is -0.236. The van der Waals surface area contributed by atoms with Gasteiger partial charge in [0, 0.05) is 16.3 Å². The van der Waals surface area contributed by atoms with E-state index in [0.717, 1.165) is 5.69 Å². The van der Waals surface area contributed by atoms with Crippen molar-refractivity contribution in [3.05, 3.63) is 81.8 Å². The van der Waals surface area contributed by atoms with Crippen LogP contribution in [0.1, 0.15) is 16.8 Å². The quantitative estimate of drug-likeness (QED) is 0.649. The Morgan fingerprint density at radius 1 is 1.28 bits per heavy atom. The molecule has 0 saturated carbocycles. The van der Waals surface area contributed by atoms with E-state index < -0.39 is 5.41 Å². The summed E-state index contributed by atoms with van der Waals surface area (Å²) in [6.07, 6.45) is 0. The molecule has 3 aromatic rings. The third-order valence-electron chi connectivity index (χ3n) is 5.32. The third kappa shape index (κ3) is 2.12. The Bertz CT molecular complexity index is 1270. The topological polar surface area (TPSA) is 106 Å². The first-order valence-electron chi connectivity index (χ1n) is 8.83. The van der Waals surface area contributed by atoms with Gasteiger partial charge >= 0.3 is 0 Å². The molecule has 2 aliphatic heterocycles. The van der Waals surface area contributed by atoms with Crippen molar-refractivity contribution in [3.63, 3.8) is 0 Å². The standard InChI is InChI=1S/C21H14ClN5O2/c1-11-17-19(27(26-11)13-5-3-2-4-6-13)29-16(10-23)18(24)21(17)14-9-12(22)7-8-15(14)25-20(21)28/h2-9H,24H2,1H3,(H,25,28). The molecule has 0 fully saturated rings. The molecular formula is C21H14ClN5O2. The van der Waals surface area contributed by atoms with Gasteiger partial charge < -0.3 is 15.8 Å². The van der Waals surface area contributed by atoms with Crippen molar-refractivity contribution in [2.75, 3.05) is 5.32 Å². The number of nitrogens with two attached hydrogens (primary N) is 1. The number of aromatic nitrogens is 2. The van der Waals surface area contributed by atoms with E-state index in [9.17, 15) is 10.1 Å². The minimum Gasteiger partial charge on any atom is -0.425 e. The number of nitriles is 1. The number of carbonyl (C=O) groups is 1. The zero-order chi connectivity index (χ0) is 20.3. The minimum absolute atomic E-state index is 0.0155. The maximum Gasteiger partial charge on any atom is 0.246 e. The van der Waals surface area contributed by atoms with Gasteiger partial charge in [0.2, 0.25) is 17.5 Å². The molecule has 0 saturated heterocycles. The number of nitrogens with one attached hydrogen (secondary N) is 1. The molecule has 2 aromatic carbocycles. The molecule has 1 spiro atoms. The number of hydrogen-bond acceptors (Lipinski definition) is 5. The molecule has 0 aliphatic carbocycles. The molecule has 1 amide bonds. The number of allylic oxidation sites excluding steroid dienone is 1. The molecule has 1 unspecified atom stereocenters. The Morgan fingerprint density at radius 2 is 2.03 bits per heavy atom. The number of amides is 1. The van der Waals surface area contributed by atoms with Gasteiger partial charge in [0.1, 0.15) is 6.07 Å². The number of benzene rings is 2. The maximum atomic E-state index is 13.4. The lowest BCUT2D eigenvalue weighted by Crippen LogP contribution is -2.44. The van der Waals surface area contributed by atoms with Crippen molar-refractivity contribution in [2.24, 2.45) is 5.73 Å². The lowest BCUT2D eigenvalue weighted by Gasteiger charge is -2.32. The first-order chi connectivity index (χ1) is 14.0. The van der Waals surface area contributed by atoms with Gasteiger partial charge in [-0.05, 0) is 37.3 Å².